The molecular formula is C17H24N2O2. The minimum Gasteiger partial charge on any atom is -0.384 e. The molecule has 0 bridgehead atoms. The molecule has 1 amide bonds. The van der Waals surface area contributed by atoms with E-state index in [1.165, 1.54) is 11.3 Å². The molecule has 0 saturated carbocycles. The van der Waals surface area contributed by atoms with Gasteiger partial charge >= 0.3 is 0 Å². The molecule has 2 aliphatic heterocycles. The fourth-order valence-electron chi connectivity index (χ4n) is 3.43. The molecule has 2 heterocycles. The zero-order chi connectivity index (χ0) is 14.7. The highest BCUT2D eigenvalue weighted by atomic mass is 16.5. The number of nitrogens with zero attached hydrogens (tertiary/aromatic N) is 1. The van der Waals surface area contributed by atoms with Crippen molar-refractivity contribution in [3.8, 4) is 0 Å². The molecule has 21 heavy (non-hydrogen) atoms. The maximum atomic E-state index is 12.7. The highest BCUT2D eigenvalue weighted by molar-refractivity contribution is 5.81. The largest absolute Gasteiger partial charge is 0.384 e. The Morgan fingerprint density at radius 3 is 2.86 bits per heavy atom. The van der Waals surface area contributed by atoms with Crippen LogP contribution in [0.25, 0.3) is 0 Å². The average Bonchev–Trinajstić information content (AvgIpc) is 2.55. The zero-order valence-corrected chi connectivity index (χ0v) is 12.7. The molecule has 1 fully saturated rings. The molecule has 4 heteroatoms. The molecule has 1 aromatic rings. The monoisotopic (exact) mass is 288 g/mol. The van der Waals surface area contributed by atoms with Crippen molar-refractivity contribution in [3.05, 3.63) is 29.8 Å². The number of carbonyl (C=O) groups excluding carboxylic acids is 1. The van der Waals surface area contributed by atoms with Gasteiger partial charge in [-0.1, -0.05) is 18.2 Å². The first-order chi connectivity index (χ1) is 10.3. The number of hydrogen-bond acceptors (Lipinski definition) is 3. The maximum Gasteiger partial charge on any atom is 0.227 e. The van der Waals surface area contributed by atoms with Crippen LogP contribution in [0.1, 0.15) is 18.4 Å². The summed E-state index contributed by atoms with van der Waals surface area (Å²) in [5, 5.41) is 3.39. The number of methoxy groups -OCH3 is 1. The third-order valence-electron chi connectivity index (χ3n) is 4.70. The molecule has 4 nitrogen and oxygen atoms in total. The predicted octanol–water partition coefficient (Wildman–Crippen LogP) is 2.16. The first kappa shape index (κ1) is 14.4. The SMILES string of the molecule is COCC1CCN(C(=O)C2CNc3ccccc3C2)CC1. The number of para-hydroxylation sites is 1. The summed E-state index contributed by atoms with van der Waals surface area (Å²) in [5.74, 6) is 1.01. The summed E-state index contributed by atoms with van der Waals surface area (Å²) in [6.45, 7) is 3.34. The number of ether oxygens (including phenoxy) is 1. The zero-order valence-electron chi connectivity index (χ0n) is 12.7. The highest BCUT2D eigenvalue weighted by Crippen LogP contribution is 2.26. The number of amides is 1. The van der Waals surface area contributed by atoms with Crippen molar-refractivity contribution in [2.24, 2.45) is 11.8 Å². The third-order valence-corrected chi connectivity index (χ3v) is 4.70. The Hall–Kier alpha value is -1.55. The van der Waals surface area contributed by atoms with Gasteiger partial charge in [-0.15, -0.1) is 0 Å². The fourth-order valence-corrected chi connectivity index (χ4v) is 3.43. The maximum absolute atomic E-state index is 12.7. The van der Waals surface area contributed by atoms with Gasteiger partial charge in [0.1, 0.15) is 0 Å². The molecule has 1 N–H and O–H groups in total. The Morgan fingerprint density at radius 1 is 1.33 bits per heavy atom. The van der Waals surface area contributed by atoms with Crippen LogP contribution in [-0.2, 0) is 16.0 Å². The number of piperidine rings is 1. The molecule has 1 unspecified atom stereocenters. The lowest BCUT2D eigenvalue weighted by Gasteiger charge is -2.35. The molecular weight excluding hydrogens is 264 g/mol. The summed E-state index contributed by atoms with van der Waals surface area (Å²) in [6, 6.07) is 8.29. The smallest absolute Gasteiger partial charge is 0.227 e. The van der Waals surface area contributed by atoms with E-state index in [1.807, 2.05) is 17.0 Å². The first-order valence-electron chi connectivity index (χ1n) is 7.87. The molecule has 0 radical (unpaired) electrons. The summed E-state index contributed by atoms with van der Waals surface area (Å²) in [6.07, 6.45) is 2.99. The topological polar surface area (TPSA) is 41.6 Å². The second-order valence-electron chi connectivity index (χ2n) is 6.16. The molecule has 0 aliphatic carbocycles. The highest BCUT2D eigenvalue weighted by Gasteiger charge is 2.30. The summed E-state index contributed by atoms with van der Waals surface area (Å²) in [5.41, 5.74) is 2.44. The Labute approximate surface area is 126 Å². The van der Waals surface area contributed by atoms with E-state index in [2.05, 4.69) is 17.4 Å². The minimum absolute atomic E-state index is 0.0823. The summed E-state index contributed by atoms with van der Waals surface area (Å²) in [7, 11) is 1.75. The molecule has 114 valence electrons. The quantitative estimate of drug-likeness (QED) is 0.926. The Kier molecular flexibility index (Phi) is 4.44. The van der Waals surface area contributed by atoms with Crippen LogP contribution in [0.3, 0.4) is 0 Å². The molecule has 1 saturated heterocycles. The second-order valence-corrected chi connectivity index (χ2v) is 6.16. The van der Waals surface area contributed by atoms with E-state index < -0.39 is 0 Å². The minimum atomic E-state index is 0.0823. The number of benzene rings is 1. The van der Waals surface area contributed by atoms with Crippen LogP contribution in [-0.4, -0.2) is 44.2 Å². The summed E-state index contributed by atoms with van der Waals surface area (Å²) in [4.78, 5) is 14.7. The molecule has 1 atom stereocenters. The van der Waals surface area contributed by atoms with Crippen molar-refractivity contribution in [2.45, 2.75) is 19.3 Å². The lowest BCUT2D eigenvalue weighted by atomic mass is 9.91. The van der Waals surface area contributed by atoms with Crippen LogP contribution in [0.2, 0.25) is 0 Å². The van der Waals surface area contributed by atoms with Crippen LogP contribution in [0.5, 0.6) is 0 Å². The van der Waals surface area contributed by atoms with Gasteiger partial charge < -0.3 is 15.0 Å². The lowest BCUT2D eigenvalue weighted by molar-refractivity contribution is -0.136. The van der Waals surface area contributed by atoms with Gasteiger partial charge in [0.2, 0.25) is 5.91 Å². The summed E-state index contributed by atoms with van der Waals surface area (Å²) >= 11 is 0. The van der Waals surface area contributed by atoms with Gasteiger partial charge in [-0.2, -0.15) is 0 Å². The van der Waals surface area contributed by atoms with Gasteiger partial charge in [0.25, 0.3) is 0 Å². The van der Waals surface area contributed by atoms with E-state index in [1.54, 1.807) is 7.11 Å². The number of fused-ring (bicyclic) bond motifs is 1. The third kappa shape index (κ3) is 3.21. The van der Waals surface area contributed by atoms with Crippen molar-refractivity contribution in [1.82, 2.24) is 4.90 Å². The van der Waals surface area contributed by atoms with Crippen molar-refractivity contribution < 1.29 is 9.53 Å². The molecule has 2 aliphatic rings. The molecule has 0 aromatic heterocycles. The number of nitrogens with one attached hydrogen (secondary N) is 1. The van der Waals surface area contributed by atoms with Crippen molar-refractivity contribution >= 4 is 11.6 Å². The fraction of sp³-hybridized carbons (Fsp3) is 0.588. The van der Waals surface area contributed by atoms with Crippen LogP contribution in [0, 0.1) is 11.8 Å². The van der Waals surface area contributed by atoms with Gasteiger partial charge in [0, 0.05) is 39.0 Å². The van der Waals surface area contributed by atoms with E-state index in [-0.39, 0.29) is 5.92 Å². The van der Waals surface area contributed by atoms with E-state index in [9.17, 15) is 4.79 Å². The number of likely N-dealkylation sites (tertiary alicyclic amines) is 1. The Balaban J connectivity index is 1.57. The van der Waals surface area contributed by atoms with Gasteiger partial charge in [-0.05, 0) is 36.8 Å². The Bertz CT molecular complexity index is 495. The van der Waals surface area contributed by atoms with Gasteiger partial charge in [-0.25, -0.2) is 0 Å². The number of hydrogen-bond donors (Lipinski definition) is 1. The molecule has 0 spiro atoms. The lowest BCUT2D eigenvalue weighted by Crippen LogP contribution is -2.45. The second kappa shape index (κ2) is 6.48. The van der Waals surface area contributed by atoms with E-state index >= 15 is 0 Å². The van der Waals surface area contributed by atoms with Gasteiger partial charge in [0.05, 0.1) is 5.92 Å². The summed E-state index contributed by atoms with van der Waals surface area (Å²) < 4.78 is 5.22. The molecule has 1 aromatic carbocycles. The normalized spacial score (nSPS) is 22.5. The van der Waals surface area contributed by atoms with Crippen molar-refractivity contribution in [1.29, 1.82) is 0 Å². The number of carbonyl (C=O) groups is 1. The standard InChI is InChI=1S/C17H24N2O2/c1-21-12-13-6-8-19(9-7-13)17(20)15-10-14-4-2-3-5-16(14)18-11-15/h2-5,13,15,18H,6-12H2,1H3. The molecule has 3 rings (SSSR count). The van der Waals surface area contributed by atoms with E-state index in [4.69, 9.17) is 4.74 Å². The van der Waals surface area contributed by atoms with Gasteiger partial charge in [0.15, 0.2) is 0 Å². The van der Waals surface area contributed by atoms with Crippen LogP contribution in [0.15, 0.2) is 24.3 Å². The first-order valence-corrected chi connectivity index (χ1v) is 7.87. The van der Waals surface area contributed by atoms with Crippen LogP contribution in [0.4, 0.5) is 5.69 Å². The Morgan fingerprint density at radius 2 is 2.10 bits per heavy atom. The van der Waals surface area contributed by atoms with Crippen LogP contribution < -0.4 is 5.32 Å². The predicted molar refractivity (Wildman–Crippen MR) is 83.3 cm³/mol. The average molecular weight is 288 g/mol. The van der Waals surface area contributed by atoms with E-state index in [0.29, 0.717) is 11.8 Å². The number of anilines is 1. The van der Waals surface area contributed by atoms with Crippen molar-refractivity contribution in [2.75, 3.05) is 38.7 Å². The number of rotatable bonds is 3. The van der Waals surface area contributed by atoms with E-state index in [0.717, 1.165) is 45.5 Å². The van der Waals surface area contributed by atoms with Gasteiger partial charge in [-0.3, -0.25) is 4.79 Å². The van der Waals surface area contributed by atoms with Crippen molar-refractivity contribution in [3.63, 3.8) is 0 Å². The van der Waals surface area contributed by atoms with Crippen LogP contribution >= 0.6 is 0 Å².